The van der Waals surface area contributed by atoms with Crippen LogP contribution in [0.5, 0.6) is 0 Å². The van der Waals surface area contributed by atoms with Gasteiger partial charge in [0, 0.05) is 16.6 Å². The molecule has 0 aliphatic heterocycles. The Morgan fingerprint density at radius 3 is 2.62 bits per heavy atom. The van der Waals surface area contributed by atoms with Crippen LogP contribution in [-0.4, -0.2) is 36.1 Å². The highest BCUT2D eigenvalue weighted by Crippen LogP contribution is 2.18. The Bertz CT molecular complexity index is 561. The lowest BCUT2D eigenvalue weighted by atomic mass is 10.1. The van der Waals surface area contributed by atoms with E-state index in [9.17, 15) is 14.4 Å². The number of amides is 1. The highest BCUT2D eigenvalue weighted by atomic mass is 79.9. The lowest BCUT2D eigenvalue weighted by Crippen LogP contribution is -2.41. The maximum absolute atomic E-state index is 12.0. The number of carbonyl (C=O) groups is 3. The second-order valence-corrected chi connectivity index (χ2v) is 5.13. The van der Waals surface area contributed by atoms with Gasteiger partial charge in [0.15, 0.2) is 0 Å². The number of nitrogens with two attached hydrogens (primary N) is 1. The van der Waals surface area contributed by atoms with Gasteiger partial charge in [-0.2, -0.15) is 0 Å². The summed E-state index contributed by atoms with van der Waals surface area (Å²) >= 11 is 3.21. The van der Waals surface area contributed by atoms with Gasteiger partial charge in [-0.3, -0.25) is 9.59 Å². The summed E-state index contributed by atoms with van der Waals surface area (Å²) in [7, 11) is 1.21. The van der Waals surface area contributed by atoms with Crippen LogP contribution in [0.3, 0.4) is 0 Å². The maximum atomic E-state index is 12.0. The minimum absolute atomic E-state index is 0.0653. The molecule has 114 valence electrons. The predicted octanol–water partition coefficient (Wildman–Crippen LogP) is 1.17. The molecule has 0 bridgehead atoms. The number of rotatable bonds is 6. The van der Waals surface area contributed by atoms with E-state index in [1.165, 1.54) is 13.2 Å². The summed E-state index contributed by atoms with van der Waals surface area (Å²) in [6.45, 7) is 0. The summed E-state index contributed by atoms with van der Waals surface area (Å²) in [5, 5.41) is 11.4. The molecule has 1 aromatic rings. The van der Waals surface area contributed by atoms with Gasteiger partial charge in [-0.05, 0) is 24.6 Å². The third-order valence-electron chi connectivity index (χ3n) is 2.73. The highest BCUT2D eigenvalue weighted by molar-refractivity contribution is 9.10. The number of methoxy groups -OCH3 is 1. The first-order valence-corrected chi connectivity index (χ1v) is 6.80. The monoisotopic (exact) mass is 358 g/mol. The van der Waals surface area contributed by atoms with Gasteiger partial charge in [-0.15, -0.1) is 0 Å². The van der Waals surface area contributed by atoms with E-state index >= 15 is 0 Å². The largest absolute Gasteiger partial charge is 0.480 e. The molecule has 0 spiro atoms. The predicted molar refractivity (Wildman–Crippen MR) is 78.7 cm³/mol. The van der Waals surface area contributed by atoms with Gasteiger partial charge < -0.3 is 20.9 Å². The average Bonchev–Trinajstić information content (AvgIpc) is 2.42. The van der Waals surface area contributed by atoms with Crippen molar-refractivity contribution in [3.05, 3.63) is 28.2 Å². The van der Waals surface area contributed by atoms with Crippen LogP contribution in [0, 0.1) is 0 Å². The number of hydrogen-bond acceptors (Lipinski definition) is 5. The standard InChI is InChI=1S/C13H15BrN2O5/c1-21-11(17)5-4-10(13(19)20)16-12(18)8-3-2-7(14)6-9(8)15/h2-3,6,10H,4-5,15H2,1H3,(H,16,18)(H,19,20). The van der Waals surface area contributed by atoms with Gasteiger partial charge in [-0.1, -0.05) is 15.9 Å². The fraction of sp³-hybridized carbons (Fsp3) is 0.308. The van der Waals surface area contributed by atoms with Crippen LogP contribution < -0.4 is 11.1 Å². The van der Waals surface area contributed by atoms with E-state index in [1.807, 2.05) is 0 Å². The first-order chi connectivity index (χ1) is 9.85. The van der Waals surface area contributed by atoms with Crippen molar-refractivity contribution in [1.82, 2.24) is 5.32 Å². The Morgan fingerprint density at radius 1 is 1.43 bits per heavy atom. The van der Waals surface area contributed by atoms with E-state index in [-0.39, 0.29) is 24.1 Å². The molecule has 8 heteroatoms. The number of nitrogen functional groups attached to an aromatic ring is 1. The van der Waals surface area contributed by atoms with Crippen molar-refractivity contribution in [2.75, 3.05) is 12.8 Å². The highest BCUT2D eigenvalue weighted by Gasteiger charge is 2.22. The fourth-order valence-electron chi connectivity index (χ4n) is 1.60. The summed E-state index contributed by atoms with van der Waals surface area (Å²) in [6.07, 6.45) is -0.173. The molecule has 0 radical (unpaired) electrons. The Balaban J connectivity index is 2.76. The zero-order valence-corrected chi connectivity index (χ0v) is 12.8. The van der Waals surface area contributed by atoms with E-state index in [0.29, 0.717) is 4.47 Å². The number of carbonyl (C=O) groups excluding carboxylic acids is 2. The number of nitrogens with one attached hydrogen (secondary N) is 1. The van der Waals surface area contributed by atoms with Crippen molar-refractivity contribution in [3.63, 3.8) is 0 Å². The number of aliphatic carboxylic acids is 1. The Kier molecular flexibility index (Phi) is 6.16. The molecule has 7 nitrogen and oxygen atoms in total. The molecule has 21 heavy (non-hydrogen) atoms. The molecule has 0 aliphatic rings. The second-order valence-electron chi connectivity index (χ2n) is 4.21. The van der Waals surface area contributed by atoms with Crippen molar-refractivity contribution >= 4 is 39.5 Å². The van der Waals surface area contributed by atoms with Crippen LogP contribution >= 0.6 is 15.9 Å². The number of carboxylic acid groups (broad SMARTS) is 1. The van der Waals surface area contributed by atoms with Crippen molar-refractivity contribution in [3.8, 4) is 0 Å². The molecule has 0 aromatic heterocycles. The zero-order chi connectivity index (χ0) is 16.0. The molecule has 0 heterocycles. The molecule has 1 amide bonds. The van der Waals surface area contributed by atoms with E-state index in [4.69, 9.17) is 10.8 Å². The molecule has 1 rings (SSSR count). The average molecular weight is 359 g/mol. The van der Waals surface area contributed by atoms with Gasteiger partial charge in [-0.25, -0.2) is 4.79 Å². The minimum Gasteiger partial charge on any atom is -0.480 e. The summed E-state index contributed by atoms with van der Waals surface area (Å²) in [5.41, 5.74) is 6.10. The number of carboxylic acids is 1. The Hall–Kier alpha value is -2.09. The molecule has 1 unspecified atom stereocenters. The molecule has 0 aliphatic carbocycles. The maximum Gasteiger partial charge on any atom is 0.326 e. The van der Waals surface area contributed by atoms with E-state index in [1.54, 1.807) is 12.1 Å². The molecule has 1 aromatic carbocycles. The lowest BCUT2D eigenvalue weighted by Gasteiger charge is -2.15. The number of halogens is 1. The van der Waals surface area contributed by atoms with Crippen LogP contribution in [-0.2, 0) is 14.3 Å². The molecule has 4 N–H and O–H groups in total. The van der Waals surface area contributed by atoms with Gasteiger partial charge in [0.25, 0.3) is 5.91 Å². The van der Waals surface area contributed by atoms with E-state index < -0.39 is 23.9 Å². The fourth-order valence-corrected chi connectivity index (χ4v) is 1.98. The zero-order valence-electron chi connectivity index (χ0n) is 11.3. The summed E-state index contributed by atoms with van der Waals surface area (Å²) in [6, 6.07) is 3.45. The van der Waals surface area contributed by atoms with Crippen LogP contribution in [0.25, 0.3) is 0 Å². The summed E-state index contributed by atoms with van der Waals surface area (Å²) < 4.78 is 5.14. The number of ether oxygens (including phenoxy) is 1. The number of hydrogen-bond donors (Lipinski definition) is 3. The van der Waals surface area contributed by atoms with Gasteiger partial charge in [0.2, 0.25) is 0 Å². The van der Waals surface area contributed by atoms with Crippen LogP contribution in [0.15, 0.2) is 22.7 Å². The van der Waals surface area contributed by atoms with Crippen LogP contribution in [0.2, 0.25) is 0 Å². The molecule has 0 fully saturated rings. The SMILES string of the molecule is COC(=O)CCC(NC(=O)c1ccc(Br)cc1N)C(=O)O. The Labute approximate surface area is 129 Å². The molecule has 0 saturated heterocycles. The molecular formula is C13H15BrN2O5. The third kappa shape index (κ3) is 5.07. The first kappa shape index (κ1) is 17.0. The molecule has 1 atom stereocenters. The summed E-state index contributed by atoms with van der Waals surface area (Å²) in [4.78, 5) is 34.2. The van der Waals surface area contributed by atoms with Gasteiger partial charge in [0.05, 0.1) is 12.7 Å². The van der Waals surface area contributed by atoms with Crippen LogP contribution in [0.1, 0.15) is 23.2 Å². The molecular weight excluding hydrogens is 344 g/mol. The third-order valence-corrected chi connectivity index (χ3v) is 3.22. The topological polar surface area (TPSA) is 119 Å². The van der Waals surface area contributed by atoms with Gasteiger partial charge in [0.1, 0.15) is 6.04 Å². The van der Waals surface area contributed by atoms with Gasteiger partial charge >= 0.3 is 11.9 Å². The number of esters is 1. The smallest absolute Gasteiger partial charge is 0.326 e. The van der Waals surface area contributed by atoms with E-state index in [2.05, 4.69) is 26.0 Å². The number of anilines is 1. The van der Waals surface area contributed by atoms with Crippen molar-refractivity contribution in [2.45, 2.75) is 18.9 Å². The normalized spacial score (nSPS) is 11.5. The van der Waals surface area contributed by atoms with Crippen molar-refractivity contribution < 1.29 is 24.2 Å². The minimum atomic E-state index is -1.23. The Morgan fingerprint density at radius 2 is 2.10 bits per heavy atom. The molecule has 0 saturated carbocycles. The number of benzene rings is 1. The lowest BCUT2D eigenvalue weighted by molar-refractivity contribution is -0.142. The van der Waals surface area contributed by atoms with E-state index in [0.717, 1.165) is 0 Å². The quantitative estimate of drug-likeness (QED) is 0.518. The summed E-state index contributed by atoms with van der Waals surface area (Å²) in [5.74, 6) is -2.39. The van der Waals surface area contributed by atoms with Crippen LogP contribution in [0.4, 0.5) is 5.69 Å². The van der Waals surface area contributed by atoms with Crippen molar-refractivity contribution in [1.29, 1.82) is 0 Å². The first-order valence-electron chi connectivity index (χ1n) is 6.00. The van der Waals surface area contributed by atoms with Crippen molar-refractivity contribution in [2.24, 2.45) is 0 Å². The second kappa shape index (κ2) is 7.63.